The van der Waals surface area contributed by atoms with Gasteiger partial charge in [0.15, 0.2) is 5.82 Å². The molecular weight excluding hydrogens is 150 g/mol. The minimum atomic E-state index is 0.517. The van der Waals surface area contributed by atoms with E-state index < -0.39 is 0 Å². The number of pyridine rings is 1. The molecule has 0 aliphatic heterocycles. The van der Waals surface area contributed by atoms with Crippen molar-refractivity contribution in [1.29, 1.82) is 0 Å². The molecule has 0 aliphatic rings. The largest absolute Gasteiger partial charge is 0.384 e. The number of hydrogen-bond acceptors (Lipinski definition) is 3. The molecule has 0 atom stereocenters. The average molecular weight is 163 g/mol. The van der Waals surface area contributed by atoms with Gasteiger partial charge in [-0.25, -0.2) is 9.98 Å². The first kappa shape index (κ1) is 8.71. The van der Waals surface area contributed by atoms with Crippen LogP contribution in [-0.4, -0.2) is 11.2 Å². The van der Waals surface area contributed by atoms with E-state index >= 15 is 0 Å². The molecule has 0 aromatic carbocycles. The molecule has 0 spiro atoms. The van der Waals surface area contributed by atoms with Gasteiger partial charge in [0.05, 0.1) is 0 Å². The summed E-state index contributed by atoms with van der Waals surface area (Å²) >= 11 is 0. The Kier molecular flexibility index (Phi) is 2.80. The maximum absolute atomic E-state index is 5.51. The summed E-state index contributed by atoms with van der Waals surface area (Å²) in [5.41, 5.74) is 6.56. The van der Waals surface area contributed by atoms with Crippen LogP contribution in [-0.2, 0) is 0 Å². The van der Waals surface area contributed by atoms with Gasteiger partial charge in [0.1, 0.15) is 5.82 Å². The van der Waals surface area contributed by atoms with E-state index in [9.17, 15) is 0 Å². The van der Waals surface area contributed by atoms with Crippen LogP contribution < -0.4 is 5.73 Å². The van der Waals surface area contributed by atoms with Crippen molar-refractivity contribution in [3.63, 3.8) is 0 Å². The van der Waals surface area contributed by atoms with Crippen LogP contribution in [0.4, 0.5) is 11.6 Å². The molecule has 0 aliphatic carbocycles. The van der Waals surface area contributed by atoms with E-state index in [2.05, 4.69) is 9.98 Å². The van der Waals surface area contributed by atoms with Crippen molar-refractivity contribution < 1.29 is 0 Å². The highest BCUT2D eigenvalue weighted by Crippen LogP contribution is 2.15. The van der Waals surface area contributed by atoms with Gasteiger partial charge in [0.2, 0.25) is 0 Å². The molecule has 64 valence electrons. The van der Waals surface area contributed by atoms with Gasteiger partial charge in [-0.05, 0) is 25.0 Å². The molecule has 3 nitrogen and oxygen atoms in total. The molecule has 3 heteroatoms. The van der Waals surface area contributed by atoms with E-state index in [-0.39, 0.29) is 0 Å². The molecule has 0 fully saturated rings. The van der Waals surface area contributed by atoms with E-state index in [1.165, 1.54) is 0 Å². The Morgan fingerprint density at radius 2 is 2.33 bits per heavy atom. The minimum absolute atomic E-state index is 0.517. The monoisotopic (exact) mass is 163 g/mol. The molecular formula is C9H13N3. The highest BCUT2D eigenvalue weighted by Gasteiger charge is 1.96. The maximum atomic E-state index is 5.51. The van der Waals surface area contributed by atoms with Crippen LogP contribution >= 0.6 is 0 Å². The second-order valence-electron chi connectivity index (χ2n) is 2.60. The number of aryl methyl sites for hydroxylation is 1. The van der Waals surface area contributed by atoms with Crippen LogP contribution in [0.2, 0.25) is 0 Å². The average Bonchev–Trinajstić information content (AvgIpc) is 2.07. The van der Waals surface area contributed by atoms with Gasteiger partial charge < -0.3 is 5.73 Å². The van der Waals surface area contributed by atoms with Gasteiger partial charge in [-0.1, -0.05) is 13.0 Å². The first-order chi connectivity index (χ1) is 5.74. The Hall–Kier alpha value is -1.38. The highest BCUT2D eigenvalue weighted by atomic mass is 14.9. The Balaban J connectivity index is 2.97. The standard InChI is InChI=1S/C9H13N3/c1-3-6-11-9-7(2)4-5-8(10)12-9/h4-6H,3H2,1-2H3,(H2,10,12)/b11-6-. The number of nitrogens with two attached hydrogens (primary N) is 1. The fourth-order valence-electron chi connectivity index (χ4n) is 0.841. The molecule has 1 aromatic heterocycles. The summed E-state index contributed by atoms with van der Waals surface area (Å²) in [7, 11) is 0. The third-order valence-electron chi connectivity index (χ3n) is 1.49. The first-order valence-corrected chi connectivity index (χ1v) is 3.99. The predicted molar refractivity (Wildman–Crippen MR) is 51.8 cm³/mol. The fourth-order valence-corrected chi connectivity index (χ4v) is 0.841. The highest BCUT2D eigenvalue weighted by molar-refractivity contribution is 5.63. The van der Waals surface area contributed by atoms with E-state index in [0.29, 0.717) is 5.82 Å². The van der Waals surface area contributed by atoms with E-state index in [1.807, 2.05) is 26.1 Å². The van der Waals surface area contributed by atoms with Crippen LogP contribution in [0.5, 0.6) is 0 Å². The second-order valence-corrected chi connectivity index (χ2v) is 2.60. The van der Waals surface area contributed by atoms with Crippen molar-refractivity contribution in [2.24, 2.45) is 4.99 Å². The predicted octanol–water partition coefficient (Wildman–Crippen LogP) is 2.08. The Morgan fingerprint density at radius 3 is 3.00 bits per heavy atom. The van der Waals surface area contributed by atoms with Crippen molar-refractivity contribution >= 4 is 17.9 Å². The van der Waals surface area contributed by atoms with Crippen molar-refractivity contribution in [2.45, 2.75) is 20.3 Å². The molecule has 1 heterocycles. The Labute approximate surface area is 72.3 Å². The molecule has 1 aromatic rings. The van der Waals surface area contributed by atoms with Gasteiger partial charge >= 0.3 is 0 Å². The molecule has 0 bridgehead atoms. The van der Waals surface area contributed by atoms with Crippen molar-refractivity contribution in [3.8, 4) is 0 Å². The number of aromatic nitrogens is 1. The van der Waals surface area contributed by atoms with Crippen molar-refractivity contribution in [3.05, 3.63) is 17.7 Å². The summed E-state index contributed by atoms with van der Waals surface area (Å²) < 4.78 is 0. The number of aliphatic imine (C=N–C) groups is 1. The van der Waals surface area contributed by atoms with Gasteiger partial charge in [-0.15, -0.1) is 0 Å². The summed E-state index contributed by atoms with van der Waals surface area (Å²) in [6, 6.07) is 3.70. The minimum Gasteiger partial charge on any atom is -0.384 e. The van der Waals surface area contributed by atoms with Crippen molar-refractivity contribution in [1.82, 2.24) is 4.98 Å². The zero-order valence-corrected chi connectivity index (χ0v) is 7.41. The van der Waals surface area contributed by atoms with Crippen LogP contribution in [0.15, 0.2) is 17.1 Å². The lowest BCUT2D eigenvalue weighted by atomic mass is 10.3. The number of nitrogen functional groups attached to an aromatic ring is 1. The van der Waals surface area contributed by atoms with Crippen LogP contribution in [0.1, 0.15) is 18.9 Å². The summed E-state index contributed by atoms with van der Waals surface area (Å²) in [4.78, 5) is 8.26. The maximum Gasteiger partial charge on any atom is 0.156 e. The lowest BCUT2D eigenvalue weighted by molar-refractivity contribution is 1.22. The quantitative estimate of drug-likeness (QED) is 0.678. The summed E-state index contributed by atoms with van der Waals surface area (Å²) in [6.07, 6.45) is 2.74. The Morgan fingerprint density at radius 1 is 1.58 bits per heavy atom. The molecule has 0 saturated heterocycles. The van der Waals surface area contributed by atoms with Crippen LogP contribution in [0, 0.1) is 6.92 Å². The molecule has 0 amide bonds. The van der Waals surface area contributed by atoms with E-state index in [1.54, 1.807) is 6.07 Å². The lowest BCUT2D eigenvalue weighted by Crippen LogP contribution is -1.90. The molecule has 0 radical (unpaired) electrons. The molecule has 2 N–H and O–H groups in total. The van der Waals surface area contributed by atoms with Crippen LogP contribution in [0.3, 0.4) is 0 Å². The van der Waals surface area contributed by atoms with Gasteiger partial charge in [-0.2, -0.15) is 0 Å². The number of hydrogen-bond donors (Lipinski definition) is 1. The molecule has 1 rings (SSSR count). The Bertz CT molecular complexity index is 292. The van der Waals surface area contributed by atoms with E-state index in [0.717, 1.165) is 17.8 Å². The summed E-state index contributed by atoms with van der Waals surface area (Å²) in [5, 5.41) is 0. The summed E-state index contributed by atoms with van der Waals surface area (Å²) in [5.74, 6) is 1.24. The number of anilines is 1. The third-order valence-corrected chi connectivity index (χ3v) is 1.49. The van der Waals surface area contributed by atoms with Gasteiger partial charge in [-0.3, -0.25) is 0 Å². The third kappa shape index (κ3) is 2.05. The van der Waals surface area contributed by atoms with Gasteiger partial charge in [0, 0.05) is 6.21 Å². The normalized spacial score (nSPS) is 10.8. The topological polar surface area (TPSA) is 51.3 Å². The number of nitrogens with zero attached hydrogens (tertiary/aromatic N) is 2. The number of rotatable bonds is 2. The zero-order valence-electron chi connectivity index (χ0n) is 7.41. The van der Waals surface area contributed by atoms with Crippen molar-refractivity contribution in [2.75, 3.05) is 5.73 Å². The fraction of sp³-hybridized carbons (Fsp3) is 0.333. The zero-order chi connectivity index (χ0) is 8.97. The lowest BCUT2D eigenvalue weighted by Gasteiger charge is -1.98. The van der Waals surface area contributed by atoms with Gasteiger partial charge in [0.25, 0.3) is 0 Å². The van der Waals surface area contributed by atoms with E-state index in [4.69, 9.17) is 5.73 Å². The molecule has 0 unspecified atom stereocenters. The smallest absolute Gasteiger partial charge is 0.156 e. The summed E-state index contributed by atoms with van der Waals surface area (Å²) in [6.45, 7) is 4.00. The second kappa shape index (κ2) is 3.85. The SMILES string of the molecule is CC/C=N\c1nc(N)ccc1C. The van der Waals surface area contributed by atoms with Crippen LogP contribution in [0.25, 0.3) is 0 Å². The first-order valence-electron chi connectivity index (χ1n) is 3.99. The molecule has 0 saturated carbocycles. The molecule has 12 heavy (non-hydrogen) atoms.